The Morgan fingerprint density at radius 2 is 1.83 bits per heavy atom. The molecule has 0 N–H and O–H groups in total. The molecule has 1 atom stereocenters. The maximum atomic E-state index is 12.9. The van der Waals surface area contributed by atoms with Crippen molar-refractivity contribution in [1.29, 1.82) is 0 Å². The number of benzene rings is 2. The zero-order chi connectivity index (χ0) is 20.4. The second kappa shape index (κ2) is 8.82. The summed E-state index contributed by atoms with van der Waals surface area (Å²) in [6, 6.07) is 15.6. The van der Waals surface area contributed by atoms with Gasteiger partial charge in [-0.3, -0.25) is 9.69 Å². The first-order valence-electron chi connectivity index (χ1n) is 9.60. The maximum Gasteiger partial charge on any atom is 0.240 e. The predicted molar refractivity (Wildman–Crippen MR) is 122 cm³/mol. The third-order valence-electron chi connectivity index (χ3n) is 4.97. The Morgan fingerprint density at radius 1 is 1.10 bits per heavy atom. The van der Waals surface area contributed by atoms with Crippen LogP contribution in [-0.4, -0.2) is 21.2 Å². The molecule has 29 heavy (non-hydrogen) atoms. The number of thioether (sulfide) groups is 1. The molecule has 2 aromatic carbocycles. The number of carbonyl (C=O) groups excluding carboxylic acids is 1. The number of imidazole rings is 1. The van der Waals surface area contributed by atoms with Crippen molar-refractivity contribution in [2.45, 2.75) is 31.7 Å². The molecule has 0 radical (unpaired) electrons. The molecule has 1 unspecified atom stereocenters. The van der Waals surface area contributed by atoms with E-state index in [2.05, 4.69) is 28.6 Å². The summed E-state index contributed by atoms with van der Waals surface area (Å²) in [7, 11) is 0. The van der Waals surface area contributed by atoms with Gasteiger partial charge in [-0.2, -0.15) is 0 Å². The number of aromatic nitrogens is 2. The highest BCUT2D eigenvalue weighted by atomic mass is 35.5. The minimum absolute atomic E-state index is 0.0129. The minimum atomic E-state index is -0.296. The van der Waals surface area contributed by atoms with E-state index in [1.165, 1.54) is 11.8 Å². The Bertz CT molecular complexity index is 1000. The van der Waals surface area contributed by atoms with E-state index in [4.69, 9.17) is 23.2 Å². The summed E-state index contributed by atoms with van der Waals surface area (Å²) >= 11 is 14.5. The van der Waals surface area contributed by atoms with Crippen LogP contribution in [0.1, 0.15) is 30.7 Å². The number of amides is 1. The van der Waals surface area contributed by atoms with Gasteiger partial charge in [0.1, 0.15) is 5.37 Å². The quantitative estimate of drug-likeness (QED) is 0.438. The van der Waals surface area contributed by atoms with E-state index in [0.717, 1.165) is 36.2 Å². The van der Waals surface area contributed by atoms with E-state index in [0.29, 0.717) is 21.7 Å². The average molecular weight is 446 g/mol. The van der Waals surface area contributed by atoms with Gasteiger partial charge in [-0.15, -0.1) is 11.8 Å². The van der Waals surface area contributed by atoms with Gasteiger partial charge in [0.2, 0.25) is 11.9 Å². The van der Waals surface area contributed by atoms with Gasteiger partial charge >= 0.3 is 0 Å². The molecule has 1 aliphatic rings. The Balaban J connectivity index is 1.82. The lowest BCUT2D eigenvalue weighted by atomic mass is 10.1. The fourth-order valence-corrected chi connectivity index (χ4v) is 5.49. The number of hydrogen-bond donors (Lipinski definition) is 0. The van der Waals surface area contributed by atoms with E-state index < -0.39 is 0 Å². The Labute approximate surface area is 184 Å². The second-order valence-corrected chi connectivity index (χ2v) is 8.76. The predicted octanol–water partition coefficient (Wildman–Crippen LogP) is 6.44. The highest BCUT2D eigenvalue weighted by Gasteiger charge is 2.39. The highest BCUT2D eigenvalue weighted by Crippen LogP contribution is 2.46. The summed E-state index contributed by atoms with van der Waals surface area (Å²) in [4.78, 5) is 19.3. The molecule has 3 aromatic rings. The third kappa shape index (κ3) is 3.91. The topological polar surface area (TPSA) is 38.1 Å². The molecular formula is C22H21Cl2N3OS. The molecule has 0 aliphatic carbocycles. The van der Waals surface area contributed by atoms with Gasteiger partial charge in [-0.25, -0.2) is 4.98 Å². The van der Waals surface area contributed by atoms with Crippen molar-refractivity contribution in [3.05, 3.63) is 70.3 Å². The van der Waals surface area contributed by atoms with Crippen molar-refractivity contribution >= 4 is 46.8 Å². The van der Waals surface area contributed by atoms with E-state index in [1.807, 2.05) is 42.6 Å². The number of unbranched alkanes of at least 4 members (excludes halogenated alkanes) is 1. The van der Waals surface area contributed by atoms with Crippen LogP contribution in [-0.2, 0) is 11.3 Å². The summed E-state index contributed by atoms with van der Waals surface area (Å²) in [6.45, 7) is 2.94. The van der Waals surface area contributed by atoms with Gasteiger partial charge in [0.15, 0.2) is 0 Å². The first-order chi connectivity index (χ1) is 14.1. The number of carbonyl (C=O) groups is 1. The molecule has 1 fully saturated rings. The van der Waals surface area contributed by atoms with E-state index in [9.17, 15) is 4.79 Å². The normalized spacial score (nSPS) is 16.6. The van der Waals surface area contributed by atoms with Crippen LogP contribution in [0.25, 0.3) is 11.3 Å². The first-order valence-corrected chi connectivity index (χ1v) is 11.4. The number of anilines is 1. The highest BCUT2D eigenvalue weighted by molar-refractivity contribution is 8.00. The van der Waals surface area contributed by atoms with Gasteiger partial charge < -0.3 is 4.57 Å². The van der Waals surface area contributed by atoms with E-state index in [-0.39, 0.29) is 11.3 Å². The van der Waals surface area contributed by atoms with Crippen molar-refractivity contribution in [3.63, 3.8) is 0 Å². The standard InChI is InChI=1S/C22H21Cl2N3OS/c1-2-3-12-26-18(15-8-5-4-6-9-15)13-25-22(26)27-19(28)14-29-21(27)20-16(23)10-7-11-17(20)24/h4-11,13,21H,2-3,12,14H2,1H3. The molecule has 150 valence electrons. The number of halogens is 2. The van der Waals surface area contributed by atoms with Crippen LogP contribution >= 0.6 is 35.0 Å². The minimum Gasteiger partial charge on any atom is -0.310 e. The van der Waals surface area contributed by atoms with E-state index >= 15 is 0 Å². The molecule has 1 aliphatic heterocycles. The molecule has 4 nitrogen and oxygen atoms in total. The van der Waals surface area contributed by atoms with Crippen molar-refractivity contribution < 1.29 is 4.79 Å². The lowest BCUT2D eigenvalue weighted by molar-refractivity contribution is -0.115. The largest absolute Gasteiger partial charge is 0.310 e. The van der Waals surface area contributed by atoms with Gasteiger partial charge in [0, 0.05) is 22.2 Å². The lowest BCUT2D eigenvalue weighted by Crippen LogP contribution is -2.31. The van der Waals surface area contributed by atoms with Gasteiger partial charge in [-0.1, -0.05) is 72.9 Å². The van der Waals surface area contributed by atoms with Crippen LogP contribution in [0.3, 0.4) is 0 Å². The molecule has 0 bridgehead atoms. The SMILES string of the molecule is CCCCn1c(-c2ccccc2)cnc1N1C(=O)CSC1c1c(Cl)cccc1Cl. The first kappa shape index (κ1) is 20.3. The Morgan fingerprint density at radius 3 is 2.52 bits per heavy atom. The van der Waals surface area contributed by atoms with Crippen molar-refractivity contribution in [2.75, 3.05) is 10.7 Å². The summed E-state index contributed by atoms with van der Waals surface area (Å²) in [5, 5.41) is 0.824. The van der Waals surface area contributed by atoms with Crippen LogP contribution in [0.15, 0.2) is 54.7 Å². The number of hydrogen-bond acceptors (Lipinski definition) is 3. The Hall–Kier alpha value is -1.95. The molecule has 2 heterocycles. The van der Waals surface area contributed by atoms with E-state index in [1.54, 1.807) is 4.90 Å². The summed E-state index contributed by atoms with van der Waals surface area (Å²) in [6.07, 6.45) is 3.89. The molecule has 1 aromatic heterocycles. The van der Waals surface area contributed by atoms with Gasteiger partial charge in [0.25, 0.3) is 0 Å². The maximum absolute atomic E-state index is 12.9. The molecule has 0 saturated carbocycles. The Kier molecular flexibility index (Phi) is 6.18. The molecule has 7 heteroatoms. The third-order valence-corrected chi connectivity index (χ3v) is 6.80. The van der Waals surface area contributed by atoms with Crippen LogP contribution < -0.4 is 4.90 Å². The zero-order valence-electron chi connectivity index (χ0n) is 16.0. The van der Waals surface area contributed by atoms with Crippen LogP contribution in [0.2, 0.25) is 10.0 Å². The fourth-order valence-electron chi connectivity index (χ4n) is 3.53. The van der Waals surface area contributed by atoms with Crippen LogP contribution in [0, 0.1) is 0 Å². The molecular weight excluding hydrogens is 425 g/mol. The smallest absolute Gasteiger partial charge is 0.240 e. The summed E-state index contributed by atoms with van der Waals surface area (Å²) in [5.41, 5.74) is 2.84. The van der Waals surface area contributed by atoms with Gasteiger partial charge in [0.05, 0.1) is 17.6 Å². The van der Waals surface area contributed by atoms with Gasteiger partial charge in [-0.05, 0) is 24.1 Å². The molecule has 4 rings (SSSR count). The van der Waals surface area contributed by atoms with Crippen LogP contribution in [0.5, 0.6) is 0 Å². The van der Waals surface area contributed by atoms with Crippen LogP contribution in [0.4, 0.5) is 5.95 Å². The van der Waals surface area contributed by atoms with Crippen molar-refractivity contribution in [1.82, 2.24) is 9.55 Å². The molecule has 0 spiro atoms. The molecule has 1 saturated heterocycles. The monoisotopic (exact) mass is 445 g/mol. The number of rotatable bonds is 6. The van der Waals surface area contributed by atoms with Crippen molar-refractivity contribution in [3.8, 4) is 11.3 Å². The molecule has 1 amide bonds. The summed E-state index contributed by atoms with van der Waals surface area (Å²) < 4.78 is 2.14. The number of nitrogens with zero attached hydrogens (tertiary/aromatic N) is 3. The zero-order valence-corrected chi connectivity index (χ0v) is 18.3. The average Bonchev–Trinajstić information content (AvgIpc) is 3.30. The second-order valence-electron chi connectivity index (χ2n) is 6.88. The van der Waals surface area contributed by atoms with Crippen molar-refractivity contribution in [2.24, 2.45) is 0 Å². The summed E-state index contributed by atoms with van der Waals surface area (Å²) in [5.74, 6) is 1.03. The fraction of sp³-hybridized carbons (Fsp3) is 0.273. The lowest BCUT2D eigenvalue weighted by Gasteiger charge is -2.26.